The van der Waals surface area contributed by atoms with Gasteiger partial charge in [-0.2, -0.15) is 0 Å². The number of carbonyl (C=O) groups excluding carboxylic acids is 2. The maximum Gasteiger partial charge on any atom is 0.321 e. The lowest BCUT2D eigenvalue weighted by molar-refractivity contribution is -0.121. The number of urea groups is 1. The summed E-state index contributed by atoms with van der Waals surface area (Å²) in [6.45, 7) is 2.86. The minimum Gasteiger partial charge on any atom is -0.454 e. The molecular formula is C21H22ClN5O3. The lowest BCUT2D eigenvalue weighted by Gasteiger charge is -2.36. The van der Waals surface area contributed by atoms with Crippen LogP contribution in [0.25, 0.3) is 0 Å². The number of benzene rings is 2. The summed E-state index contributed by atoms with van der Waals surface area (Å²) in [5.74, 6) is 1.87. The molecule has 156 valence electrons. The number of para-hydroxylation sites is 2. The van der Waals surface area contributed by atoms with Crippen molar-refractivity contribution < 1.29 is 14.3 Å². The molecule has 0 atom stereocenters. The van der Waals surface area contributed by atoms with Crippen LogP contribution in [0.3, 0.4) is 0 Å². The van der Waals surface area contributed by atoms with Gasteiger partial charge in [-0.1, -0.05) is 23.7 Å². The minimum absolute atomic E-state index is 0.169. The van der Waals surface area contributed by atoms with E-state index in [0.717, 1.165) is 17.1 Å². The fourth-order valence-corrected chi connectivity index (χ4v) is 3.66. The number of nitrogens with one attached hydrogen (secondary N) is 2. The molecule has 30 heavy (non-hydrogen) atoms. The van der Waals surface area contributed by atoms with Crippen LogP contribution in [0.2, 0.25) is 5.02 Å². The first kappa shape index (κ1) is 20.2. The van der Waals surface area contributed by atoms with Gasteiger partial charge in [-0.3, -0.25) is 15.0 Å². The van der Waals surface area contributed by atoms with E-state index in [4.69, 9.17) is 21.3 Å². The van der Waals surface area contributed by atoms with Crippen molar-refractivity contribution in [3.63, 3.8) is 0 Å². The van der Waals surface area contributed by atoms with Crippen molar-refractivity contribution in [3.05, 3.63) is 53.1 Å². The molecule has 1 fully saturated rings. The SMILES string of the molecule is CNC(=O)NC(=O)CN1CCN(C2=Nc3ccccc3Oc3ccc(Cl)cc32)CC1. The molecule has 8 nitrogen and oxygen atoms in total. The molecule has 0 unspecified atom stereocenters. The van der Waals surface area contributed by atoms with Gasteiger partial charge in [0.1, 0.15) is 17.3 Å². The summed E-state index contributed by atoms with van der Waals surface area (Å²) >= 11 is 6.26. The minimum atomic E-state index is -0.501. The number of aliphatic imine (C=N–C) groups is 1. The summed E-state index contributed by atoms with van der Waals surface area (Å²) in [6.07, 6.45) is 0. The molecule has 9 heteroatoms. The highest BCUT2D eigenvalue weighted by Crippen LogP contribution is 2.38. The Morgan fingerprint density at radius 1 is 1.10 bits per heavy atom. The number of rotatable bonds is 2. The summed E-state index contributed by atoms with van der Waals surface area (Å²) in [7, 11) is 1.47. The Morgan fingerprint density at radius 3 is 2.63 bits per heavy atom. The zero-order valence-corrected chi connectivity index (χ0v) is 17.3. The van der Waals surface area contributed by atoms with Crippen LogP contribution in [-0.4, -0.2) is 67.3 Å². The average molecular weight is 428 g/mol. The molecule has 2 aliphatic heterocycles. The predicted octanol–water partition coefficient (Wildman–Crippen LogP) is 2.60. The van der Waals surface area contributed by atoms with Crippen LogP contribution < -0.4 is 15.4 Å². The van der Waals surface area contributed by atoms with Crippen LogP contribution in [0.5, 0.6) is 11.5 Å². The van der Waals surface area contributed by atoms with E-state index < -0.39 is 6.03 Å². The molecule has 4 rings (SSSR count). The first-order chi connectivity index (χ1) is 14.5. The van der Waals surface area contributed by atoms with Gasteiger partial charge in [0.15, 0.2) is 5.75 Å². The Labute approximate surface area is 179 Å². The molecule has 2 aromatic carbocycles. The van der Waals surface area contributed by atoms with Gasteiger partial charge >= 0.3 is 6.03 Å². The summed E-state index contributed by atoms with van der Waals surface area (Å²) in [5.41, 5.74) is 1.59. The van der Waals surface area contributed by atoms with Crippen molar-refractivity contribution in [3.8, 4) is 11.5 Å². The molecule has 0 spiro atoms. The highest BCUT2D eigenvalue weighted by molar-refractivity contribution is 6.31. The van der Waals surface area contributed by atoms with Crippen LogP contribution in [0.1, 0.15) is 5.56 Å². The van der Waals surface area contributed by atoms with E-state index in [0.29, 0.717) is 42.7 Å². The smallest absolute Gasteiger partial charge is 0.321 e. The van der Waals surface area contributed by atoms with Gasteiger partial charge in [-0.25, -0.2) is 9.79 Å². The number of nitrogens with zero attached hydrogens (tertiary/aromatic N) is 3. The summed E-state index contributed by atoms with van der Waals surface area (Å²) in [4.78, 5) is 32.3. The van der Waals surface area contributed by atoms with E-state index in [1.807, 2.05) is 41.3 Å². The molecule has 0 aromatic heterocycles. The second kappa shape index (κ2) is 8.73. The fourth-order valence-electron chi connectivity index (χ4n) is 3.49. The lowest BCUT2D eigenvalue weighted by Crippen LogP contribution is -2.52. The molecule has 2 aromatic rings. The van der Waals surface area contributed by atoms with Crippen molar-refractivity contribution in [1.82, 2.24) is 20.4 Å². The number of carbonyl (C=O) groups is 2. The van der Waals surface area contributed by atoms with Crippen LogP contribution in [-0.2, 0) is 4.79 Å². The van der Waals surface area contributed by atoms with Gasteiger partial charge in [0.05, 0.1) is 12.1 Å². The van der Waals surface area contributed by atoms with E-state index in [1.54, 1.807) is 6.07 Å². The first-order valence-corrected chi connectivity index (χ1v) is 10.1. The van der Waals surface area contributed by atoms with E-state index in [1.165, 1.54) is 7.05 Å². The summed E-state index contributed by atoms with van der Waals surface area (Å²) in [6, 6.07) is 12.7. The lowest BCUT2D eigenvalue weighted by atomic mass is 10.1. The number of hydrogen-bond acceptors (Lipinski definition) is 6. The molecular weight excluding hydrogens is 406 g/mol. The number of ether oxygens (including phenoxy) is 1. The van der Waals surface area contributed by atoms with Crippen LogP contribution in [0.15, 0.2) is 47.5 Å². The molecule has 0 bridgehead atoms. The van der Waals surface area contributed by atoms with Gasteiger partial charge < -0.3 is 15.0 Å². The number of piperazine rings is 1. The fraction of sp³-hybridized carbons (Fsp3) is 0.286. The zero-order valence-electron chi connectivity index (χ0n) is 16.5. The van der Waals surface area contributed by atoms with E-state index in [2.05, 4.69) is 15.5 Å². The highest BCUT2D eigenvalue weighted by atomic mass is 35.5. The Kier molecular flexibility index (Phi) is 5.87. The second-order valence-corrected chi connectivity index (χ2v) is 7.47. The van der Waals surface area contributed by atoms with Gasteiger partial charge in [-0.05, 0) is 30.3 Å². The molecule has 0 saturated carbocycles. The third-order valence-electron chi connectivity index (χ3n) is 5.01. The van der Waals surface area contributed by atoms with Crippen molar-refractivity contribution in [2.45, 2.75) is 0 Å². The quantitative estimate of drug-likeness (QED) is 0.769. The predicted molar refractivity (Wildman–Crippen MR) is 115 cm³/mol. The second-order valence-electron chi connectivity index (χ2n) is 7.04. The van der Waals surface area contributed by atoms with E-state index in [9.17, 15) is 9.59 Å². The highest BCUT2D eigenvalue weighted by Gasteiger charge is 2.27. The van der Waals surface area contributed by atoms with Crippen LogP contribution >= 0.6 is 11.6 Å². The molecule has 2 aliphatic rings. The maximum absolute atomic E-state index is 12.0. The summed E-state index contributed by atoms with van der Waals surface area (Å²) < 4.78 is 6.10. The molecule has 0 aliphatic carbocycles. The van der Waals surface area contributed by atoms with Gasteiger partial charge in [0.25, 0.3) is 0 Å². The van der Waals surface area contributed by atoms with Gasteiger partial charge in [0, 0.05) is 38.2 Å². The standard InChI is InChI=1S/C21H22ClN5O3/c1-23-21(29)25-19(28)13-26-8-10-27(11-9-26)20-15-12-14(22)6-7-17(15)30-18-5-3-2-4-16(18)24-20/h2-7,12H,8-11,13H2,1H3,(H2,23,25,28,29). The number of imide groups is 1. The van der Waals surface area contributed by atoms with Crippen LogP contribution in [0, 0.1) is 0 Å². The Bertz CT molecular complexity index is 1000. The Hall–Kier alpha value is -3.10. The molecule has 3 amide bonds. The Balaban J connectivity index is 1.53. The maximum atomic E-state index is 12.0. The third kappa shape index (κ3) is 4.39. The number of hydrogen-bond donors (Lipinski definition) is 2. The number of amidine groups is 1. The summed E-state index contributed by atoms with van der Waals surface area (Å²) in [5, 5.41) is 5.28. The van der Waals surface area contributed by atoms with Crippen molar-refractivity contribution in [1.29, 1.82) is 0 Å². The third-order valence-corrected chi connectivity index (χ3v) is 5.25. The van der Waals surface area contributed by atoms with Crippen molar-refractivity contribution >= 4 is 35.1 Å². The topological polar surface area (TPSA) is 86.3 Å². The number of halogens is 1. The average Bonchev–Trinajstić information content (AvgIpc) is 2.90. The zero-order chi connectivity index (χ0) is 21.1. The van der Waals surface area contributed by atoms with Crippen molar-refractivity contribution in [2.24, 2.45) is 4.99 Å². The number of fused-ring (bicyclic) bond motifs is 2. The first-order valence-electron chi connectivity index (χ1n) is 9.68. The monoisotopic (exact) mass is 427 g/mol. The normalized spacial score (nSPS) is 15.8. The van der Waals surface area contributed by atoms with Crippen LogP contribution in [0.4, 0.5) is 10.5 Å². The van der Waals surface area contributed by atoms with Gasteiger partial charge in [0.2, 0.25) is 5.91 Å². The van der Waals surface area contributed by atoms with E-state index >= 15 is 0 Å². The molecule has 2 N–H and O–H groups in total. The van der Waals surface area contributed by atoms with E-state index in [-0.39, 0.29) is 12.5 Å². The number of amides is 3. The molecule has 0 radical (unpaired) electrons. The molecule has 1 saturated heterocycles. The van der Waals surface area contributed by atoms with Gasteiger partial charge in [-0.15, -0.1) is 0 Å². The largest absolute Gasteiger partial charge is 0.454 e. The van der Waals surface area contributed by atoms with Crippen molar-refractivity contribution in [2.75, 3.05) is 39.8 Å². The Morgan fingerprint density at radius 2 is 1.87 bits per heavy atom. The molecule has 2 heterocycles.